The Labute approximate surface area is 62.4 Å². The summed E-state index contributed by atoms with van der Waals surface area (Å²) in [4.78, 5) is 0. The van der Waals surface area contributed by atoms with Gasteiger partial charge in [-0.15, -0.1) is 0 Å². The zero-order valence-corrected chi connectivity index (χ0v) is 6.85. The quantitative estimate of drug-likeness (QED) is 0.616. The van der Waals surface area contributed by atoms with Crippen molar-refractivity contribution in [2.45, 2.75) is 38.7 Å². The van der Waals surface area contributed by atoms with E-state index >= 15 is 0 Å². The van der Waals surface area contributed by atoms with Crippen LogP contribution in [0, 0.1) is 5.41 Å². The van der Waals surface area contributed by atoms with Gasteiger partial charge in [0.05, 0.1) is 5.60 Å². The fraction of sp³-hybridized carbons (Fsp3) is 1.00. The molecule has 0 amide bonds. The van der Waals surface area contributed by atoms with E-state index in [4.69, 9.17) is 5.73 Å². The highest BCUT2D eigenvalue weighted by Crippen LogP contribution is 2.54. The van der Waals surface area contributed by atoms with Gasteiger partial charge in [-0.3, -0.25) is 0 Å². The lowest BCUT2D eigenvalue weighted by Crippen LogP contribution is -2.40. The van der Waals surface area contributed by atoms with Crippen LogP contribution in [0.4, 0.5) is 0 Å². The molecule has 0 aromatic heterocycles. The minimum absolute atomic E-state index is 0.0712. The smallest absolute Gasteiger partial charge is 0.0685 e. The molecule has 0 saturated heterocycles. The zero-order chi connectivity index (χ0) is 7.83. The van der Waals surface area contributed by atoms with Crippen molar-refractivity contribution in [1.29, 1.82) is 0 Å². The largest absolute Gasteiger partial charge is 0.390 e. The average molecular weight is 143 g/mol. The monoisotopic (exact) mass is 143 g/mol. The number of hydrogen-bond donors (Lipinski definition) is 2. The van der Waals surface area contributed by atoms with Gasteiger partial charge in [-0.05, 0) is 26.2 Å². The molecule has 0 aromatic carbocycles. The maximum Gasteiger partial charge on any atom is 0.0685 e. The number of rotatable bonds is 3. The normalized spacial score (nSPS) is 27.6. The van der Waals surface area contributed by atoms with Crippen LogP contribution < -0.4 is 5.73 Å². The molecule has 3 N–H and O–H groups in total. The molecule has 0 aliphatic heterocycles. The summed E-state index contributed by atoms with van der Waals surface area (Å²) in [5, 5.41) is 9.83. The Morgan fingerprint density at radius 2 is 2.10 bits per heavy atom. The van der Waals surface area contributed by atoms with E-state index in [1.165, 1.54) is 0 Å². The van der Waals surface area contributed by atoms with Crippen molar-refractivity contribution in [3.8, 4) is 0 Å². The molecule has 60 valence electrons. The Morgan fingerprint density at radius 1 is 1.60 bits per heavy atom. The van der Waals surface area contributed by atoms with E-state index in [1.54, 1.807) is 0 Å². The van der Waals surface area contributed by atoms with Crippen LogP contribution in [0.25, 0.3) is 0 Å². The van der Waals surface area contributed by atoms with E-state index in [0.29, 0.717) is 6.54 Å². The molecule has 1 aliphatic carbocycles. The first kappa shape index (κ1) is 8.02. The van der Waals surface area contributed by atoms with Crippen molar-refractivity contribution in [2.75, 3.05) is 6.54 Å². The Balaban J connectivity index is 2.62. The van der Waals surface area contributed by atoms with Crippen molar-refractivity contribution in [2.24, 2.45) is 11.1 Å². The lowest BCUT2D eigenvalue weighted by molar-refractivity contribution is -0.0151. The topological polar surface area (TPSA) is 46.2 Å². The molecule has 2 nitrogen and oxygen atoms in total. The van der Waals surface area contributed by atoms with Crippen LogP contribution in [0.1, 0.15) is 33.1 Å². The molecule has 1 atom stereocenters. The van der Waals surface area contributed by atoms with E-state index < -0.39 is 5.60 Å². The minimum atomic E-state index is -0.526. The maximum atomic E-state index is 9.83. The van der Waals surface area contributed by atoms with Crippen LogP contribution in [-0.2, 0) is 0 Å². The molecule has 1 saturated carbocycles. The standard InChI is InChI=1S/C8H17NO/c1-3-7(2,10)8(6-9)4-5-8/h10H,3-6,9H2,1-2H3. The summed E-state index contributed by atoms with van der Waals surface area (Å²) in [6.07, 6.45) is 3.01. The second-order valence-corrected chi connectivity index (χ2v) is 3.61. The Morgan fingerprint density at radius 3 is 2.20 bits per heavy atom. The van der Waals surface area contributed by atoms with Gasteiger partial charge in [0.15, 0.2) is 0 Å². The Kier molecular flexibility index (Phi) is 1.77. The van der Waals surface area contributed by atoms with E-state index in [-0.39, 0.29) is 5.41 Å². The van der Waals surface area contributed by atoms with Gasteiger partial charge in [0, 0.05) is 12.0 Å². The highest BCUT2D eigenvalue weighted by Gasteiger charge is 2.53. The first-order valence-corrected chi connectivity index (χ1v) is 4.00. The summed E-state index contributed by atoms with van der Waals surface area (Å²) >= 11 is 0. The Hall–Kier alpha value is -0.0800. The number of hydrogen-bond acceptors (Lipinski definition) is 2. The average Bonchev–Trinajstić information content (AvgIpc) is 2.67. The molecule has 0 aromatic rings. The summed E-state index contributed by atoms with van der Waals surface area (Å²) in [7, 11) is 0. The van der Waals surface area contributed by atoms with Crippen molar-refractivity contribution >= 4 is 0 Å². The van der Waals surface area contributed by atoms with Gasteiger partial charge in [0.25, 0.3) is 0 Å². The van der Waals surface area contributed by atoms with Crippen LogP contribution in [0.3, 0.4) is 0 Å². The van der Waals surface area contributed by atoms with Crippen molar-refractivity contribution < 1.29 is 5.11 Å². The van der Waals surface area contributed by atoms with Crippen molar-refractivity contribution in [3.05, 3.63) is 0 Å². The summed E-state index contributed by atoms with van der Waals surface area (Å²) in [6.45, 7) is 4.54. The van der Waals surface area contributed by atoms with Gasteiger partial charge < -0.3 is 10.8 Å². The van der Waals surface area contributed by atoms with Gasteiger partial charge in [-0.1, -0.05) is 6.92 Å². The van der Waals surface area contributed by atoms with E-state index in [9.17, 15) is 5.11 Å². The van der Waals surface area contributed by atoms with Gasteiger partial charge >= 0.3 is 0 Å². The molecule has 1 fully saturated rings. The Bertz CT molecular complexity index is 123. The predicted molar refractivity (Wildman–Crippen MR) is 41.6 cm³/mol. The molecule has 1 aliphatic rings. The molecule has 0 spiro atoms. The molecule has 2 heteroatoms. The van der Waals surface area contributed by atoms with Crippen LogP contribution in [0.2, 0.25) is 0 Å². The maximum absolute atomic E-state index is 9.83. The predicted octanol–water partition coefficient (Wildman–Crippen LogP) is 0.886. The molecule has 1 unspecified atom stereocenters. The van der Waals surface area contributed by atoms with Crippen LogP contribution in [0.15, 0.2) is 0 Å². The van der Waals surface area contributed by atoms with Gasteiger partial charge in [-0.25, -0.2) is 0 Å². The zero-order valence-electron chi connectivity index (χ0n) is 6.85. The van der Waals surface area contributed by atoms with Crippen molar-refractivity contribution in [1.82, 2.24) is 0 Å². The van der Waals surface area contributed by atoms with Crippen LogP contribution in [-0.4, -0.2) is 17.3 Å². The van der Waals surface area contributed by atoms with Gasteiger partial charge in [0.1, 0.15) is 0 Å². The SMILES string of the molecule is CCC(C)(O)C1(CN)CC1. The van der Waals surface area contributed by atoms with Gasteiger partial charge in [0.2, 0.25) is 0 Å². The molecule has 0 radical (unpaired) electrons. The molecule has 0 bridgehead atoms. The highest BCUT2D eigenvalue weighted by molar-refractivity contribution is 5.06. The second kappa shape index (κ2) is 2.21. The molecule has 0 heterocycles. The highest BCUT2D eigenvalue weighted by atomic mass is 16.3. The third-order valence-corrected chi connectivity index (χ3v) is 3.08. The molecule has 1 rings (SSSR count). The third-order valence-electron chi connectivity index (χ3n) is 3.08. The molecular weight excluding hydrogens is 126 g/mol. The fourth-order valence-electron chi connectivity index (χ4n) is 1.49. The first-order chi connectivity index (χ1) is 4.58. The van der Waals surface area contributed by atoms with Crippen LogP contribution >= 0.6 is 0 Å². The molecular formula is C8H17NO. The fourth-order valence-corrected chi connectivity index (χ4v) is 1.49. The van der Waals surface area contributed by atoms with E-state index in [0.717, 1.165) is 19.3 Å². The first-order valence-electron chi connectivity index (χ1n) is 4.00. The number of nitrogens with two attached hydrogens (primary N) is 1. The second-order valence-electron chi connectivity index (χ2n) is 3.61. The third kappa shape index (κ3) is 0.956. The minimum Gasteiger partial charge on any atom is -0.390 e. The summed E-state index contributed by atoms with van der Waals surface area (Å²) < 4.78 is 0. The van der Waals surface area contributed by atoms with E-state index in [1.807, 2.05) is 13.8 Å². The van der Waals surface area contributed by atoms with Crippen LogP contribution in [0.5, 0.6) is 0 Å². The molecule has 10 heavy (non-hydrogen) atoms. The van der Waals surface area contributed by atoms with Crippen molar-refractivity contribution in [3.63, 3.8) is 0 Å². The number of aliphatic hydroxyl groups is 1. The lowest BCUT2D eigenvalue weighted by atomic mass is 9.84. The summed E-state index contributed by atoms with van der Waals surface area (Å²) in [6, 6.07) is 0. The summed E-state index contributed by atoms with van der Waals surface area (Å²) in [5.74, 6) is 0. The van der Waals surface area contributed by atoms with E-state index in [2.05, 4.69) is 0 Å². The van der Waals surface area contributed by atoms with Gasteiger partial charge in [-0.2, -0.15) is 0 Å². The lowest BCUT2D eigenvalue weighted by Gasteiger charge is -2.31. The summed E-state index contributed by atoms with van der Waals surface area (Å²) in [5.41, 5.74) is 5.12.